The first-order valence-corrected chi connectivity index (χ1v) is 12.7. The number of hydrogen-bond acceptors (Lipinski definition) is 5. The molecule has 3 rings (SSSR count). The Morgan fingerprint density at radius 1 is 0.938 bits per heavy atom. The summed E-state index contributed by atoms with van der Waals surface area (Å²) in [5.41, 5.74) is 0.0347. The minimum Gasteiger partial charge on any atom is -0.314 e. The van der Waals surface area contributed by atoms with E-state index in [0.717, 1.165) is 24.7 Å². The molecule has 1 aliphatic rings. The molecule has 1 heterocycles. The van der Waals surface area contributed by atoms with Gasteiger partial charge >= 0.3 is 11.5 Å². The van der Waals surface area contributed by atoms with Crippen molar-refractivity contribution in [2.24, 2.45) is 11.8 Å². The summed E-state index contributed by atoms with van der Waals surface area (Å²) >= 11 is 0. The van der Waals surface area contributed by atoms with Crippen molar-refractivity contribution >= 4 is 16.9 Å². The summed E-state index contributed by atoms with van der Waals surface area (Å²) in [6.45, 7) is 2.27. The molecule has 2 unspecified atom stereocenters. The predicted molar refractivity (Wildman–Crippen MR) is 127 cm³/mol. The third-order valence-electron chi connectivity index (χ3n) is 6.68. The van der Waals surface area contributed by atoms with Gasteiger partial charge in [-0.1, -0.05) is 96.1 Å². The minimum atomic E-state index is -0.457. The van der Waals surface area contributed by atoms with E-state index in [0.29, 0.717) is 22.2 Å². The molecular formula is C26H39N3O3. The summed E-state index contributed by atoms with van der Waals surface area (Å²) in [7, 11) is 0. The summed E-state index contributed by atoms with van der Waals surface area (Å²) < 4.78 is 0. The molecule has 2 atom stereocenters. The van der Waals surface area contributed by atoms with Crippen LogP contribution in [0.2, 0.25) is 0 Å². The minimum absolute atomic E-state index is 0.302. The Balaban J connectivity index is 1.20. The van der Waals surface area contributed by atoms with Crippen molar-refractivity contribution in [3.05, 3.63) is 34.6 Å². The van der Waals surface area contributed by atoms with Crippen molar-refractivity contribution in [1.82, 2.24) is 15.2 Å². The van der Waals surface area contributed by atoms with Crippen LogP contribution in [0.1, 0.15) is 103 Å². The molecule has 0 bridgehead atoms. The molecule has 1 aliphatic carbocycles. The van der Waals surface area contributed by atoms with Gasteiger partial charge in [0, 0.05) is 6.42 Å². The van der Waals surface area contributed by atoms with Gasteiger partial charge in [0.2, 0.25) is 0 Å². The number of carbonyl (C=O) groups excluding carboxylic acids is 1. The van der Waals surface area contributed by atoms with Crippen LogP contribution in [0.15, 0.2) is 29.1 Å². The fraction of sp³-hybridized carbons (Fsp3) is 0.692. The molecule has 0 spiro atoms. The maximum absolute atomic E-state index is 12.3. The molecule has 1 aromatic carbocycles. The summed E-state index contributed by atoms with van der Waals surface area (Å²) in [6, 6.07) is 6.89. The van der Waals surface area contributed by atoms with Gasteiger partial charge in [0.05, 0.1) is 5.39 Å². The summed E-state index contributed by atoms with van der Waals surface area (Å²) in [4.78, 5) is 30.2. The van der Waals surface area contributed by atoms with Crippen LogP contribution in [0.3, 0.4) is 0 Å². The van der Waals surface area contributed by atoms with Crippen LogP contribution in [-0.4, -0.2) is 21.1 Å². The van der Waals surface area contributed by atoms with Crippen molar-refractivity contribution in [3.63, 3.8) is 0 Å². The van der Waals surface area contributed by atoms with Crippen LogP contribution < -0.4 is 10.4 Å². The van der Waals surface area contributed by atoms with Gasteiger partial charge in [-0.05, 0) is 46.9 Å². The average Bonchev–Trinajstić information content (AvgIpc) is 3.56. The average molecular weight is 442 g/mol. The fourth-order valence-electron chi connectivity index (χ4n) is 4.59. The molecule has 0 radical (unpaired) electrons. The number of benzene rings is 1. The normalized spacial score (nSPS) is 17.5. The van der Waals surface area contributed by atoms with Crippen molar-refractivity contribution in [2.45, 2.75) is 103 Å². The molecule has 0 N–H and O–H groups in total. The second-order valence-corrected chi connectivity index (χ2v) is 9.37. The van der Waals surface area contributed by atoms with Gasteiger partial charge in [0.15, 0.2) is 0 Å². The Morgan fingerprint density at radius 3 is 2.28 bits per heavy atom. The number of fused-ring (bicyclic) bond motifs is 1. The van der Waals surface area contributed by atoms with Gasteiger partial charge in [-0.2, -0.15) is 0 Å². The zero-order chi connectivity index (χ0) is 22.6. The van der Waals surface area contributed by atoms with E-state index in [9.17, 15) is 9.59 Å². The molecular weight excluding hydrogens is 402 g/mol. The van der Waals surface area contributed by atoms with Crippen LogP contribution in [0.5, 0.6) is 0 Å². The molecule has 1 saturated carbocycles. The van der Waals surface area contributed by atoms with E-state index in [1.165, 1.54) is 77.0 Å². The molecule has 6 nitrogen and oxygen atoms in total. The molecule has 2 aromatic rings. The monoisotopic (exact) mass is 441 g/mol. The first-order chi connectivity index (χ1) is 15.7. The van der Waals surface area contributed by atoms with Crippen molar-refractivity contribution < 1.29 is 9.63 Å². The van der Waals surface area contributed by atoms with E-state index in [1.807, 2.05) is 0 Å². The van der Waals surface area contributed by atoms with Crippen molar-refractivity contribution in [1.29, 1.82) is 0 Å². The maximum atomic E-state index is 12.3. The summed E-state index contributed by atoms with van der Waals surface area (Å²) in [5, 5.41) is 8.01. The molecule has 32 heavy (non-hydrogen) atoms. The second kappa shape index (κ2) is 13.3. The van der Waals surface area contributed by atoms with E-state index in [4.69, 9.17) is 4.84 Å². The standard InChI is InChI=1S/C26H39N3O3/c1-2-3-4-5-6-7-8-9-10-15-21-20-22(21)16-11-14-19-25(30)32-29-26(31)23-17-12-13-18-24(23)27-28-29/h12-13,17-18,21-22H,2-11,14-16,19-20H2,1H3. The van der Waals surface area contributed by atoms with E-state index in [-0.39, 0.29) is 0 Å². The van der Waals surface area contributed by atoms with E-state index in [2.05, 4.69) is 17.2 Å². The molecule has 0 aliphatic heterocycles. The van der Waals surface area contributed by atoms with Gasteiger partial charge in [0.25, 0.3) is 0 Å². The second-order valence-electron chi connectivity index (χ2n) is 9.37. The van der Waals surface area contributed by atoms with Crippen molar-refractivity contribution in [2.75, 3.05) is 0 Å². The number of carbonyl (C=O) groups is 1. The van der Waals surface area contributed by atoms with Gasteiger partial charge in [0.1, 0.15) is 5.52 Å². The zero-order valence-electron chi connectivity index (χ0n) is 19.6. The lowest BCUT2D eigenvalue weighted by Gasteiger charge is -2.05. The summed E-state index contributed by atoms with van der Waals surface area (Å²) in [5.74, 6) is 1.34. The fourth-order valence-corrected chi connectivity index (χ4v) is 4.59. The predicted octanol–water partition coefficient (Wildman–Crippen LogP) is 5.86. The maximum Gasteiger partial charge on any atom is 0.335 e. The van der Waals surface area contributed by atoms with Gasteiger partial charge in [-0.3, -0.25) is 4.79 Å². The summed E-state index contributed by atoms with van der Waals surface area (Å²) in [6.07, 6.45) is 18.6. The molecule has 0 saturated heterocycles. The van der Waals surface area contributed by atoms with Crippen molar-refractivity contribution in [3.8, 4) is 0 Å². The SMILES string of the molecule is CCCCCCCCCCCC1CC1CCCCC(=O)On1nnc2ccccc2c1=O. The zero-order valence-corrected chi connectivity index (χ0v) is 19.6. The Morgan fingerprint density at radius 2 is 1.56 bits per heavy atom. The topological polar surface area (TPSA) is 74.1 Å². The Labute approximate surface area is 191 Å². The third kappa shape index (κ3) is 8.03. The molecule has 1 fully saturated rings. The Kier molecular flexibility index (Phi) is 10.2. The highest BCUT2D eigenvalue weighted by Crippen LogP contribution is 2.45. The van der Waals surface area contributed by atoms with Crippen LogP contribution in [0, 0.1) is 11.8 Å². The highest BCUT2D eigenvalue weighted by Gasteiger charge is 2.35. The lowest BCUT2D eigenvalue weighted by molar-refractivity contribution is -0.146. The van der Waals surface area contributed by atoms with Crippen LogP contribution in [0.25, 0.3) is 10.9 Å². The van der Waals surface area contributed by atoms with Crippen LogP contribution in [-0.2, 0) is 4.79 Å². The Bertz CT molecular complexity index is 895. The quantitative estimate of drug-likeness (QED) is 0.241. The van der Waals surface area contributed by atoms with Gasteiger partial charge < -0.3 is 4.84 Å². The molecule has 0 amide bonds. The lowest BCUT2D eigenvalue weighted by Crippen LogP contribution is -2.33. The Hall–Kier alpha value is -2.24. The smallest absolute Gasteiger partial charge is 0.314 e. The van der Waals surface area contributed by atoms with Crippen LogP contribution >= 0.6 is 0 Å². The molecule has 176 valence electrons. The van der Waals surface area contributed by atoms with Gasteiger partial charge in [-0.25, -0.2) is 4.79 Å². The highest BCUT2D eigenvalue weighted by molar-refractivity contribution is 5.76. The number of rotatable bonds is 16. The number of unbranched alkanes of at least 4 members (excludes halogenated alkanes) is 9. The van der Waals surface area contributed by atoms with E-state index >= 15 is 0 Å². The highest BCUT2D eigenvalue weighted by atomic mass is 16.7. The molecule has 6 heteroatoms. The third-order valence-corrected chi connectivity index (χ3v) is 6.68. The van der Waals surface area contributed by atoms with E-state index < -0.39 is 11.5 Å². The molecule has 1 aromatic heterocycles. The number of hydrogen-bond donors (Lipinski definition) is 0. The van der Waals surface area contributed by atoms with Gasteiger partial charge in [-0.15, -0.1) is 5.10 Å². The van der Waals surface area contributed by atoms with E-state index in [1.54, 1.807) is 24.3 Å². The first-order valence-electron chi connectivity index (χ1n) is 12.7. The number of aromatic nitrogens is 3. The lowest BCUT2D eigenvalue weighted by atomic mass is 10.0. The first kappa shape index (κ1) is 24.4. The van der Waals surface area contributed by atoms with Crippen LogP contribution in [0.4, 0.5) is 0 Å². The largest absolute Gasteiger partial charge is 0.335 e. The number of nitrogens with zero attached hydrogens (tertiary/aromatic N) is 3.